The number of nitrogens with zero attached hydrogens (tertiary/aromatic N) is 4. The lowest BCUT2D eigenvalue weighted by Crippen LogP contribution is -2.45. The molecule has 2 spiro atoms. The number of carbonyl (C=O) groups is 5. The lowest BCUT2D eigenvalue weighted by atomic mass is 9.72. The molecular weight excluding hydrogens is 1150 g/mol. The molecule has 9 atom stereocenters. The number of primary amides is 2. The number of ether oxygens (including phenoxy) is 2. The van der Waals surface area contributed by atoms with Crippen molar-refractivity contribution in [3.05, 3.63) is 165 Å². The molecule has 23 nitrogen and oxygen atoms in total. The first-order chi connectivity index (χ1) is 41.5. The van der Waals surface area contributed by atoms with Gasteiger partial charge in [0.2, 0.25) is 35.4 Å². The number of fused-ring (bicyclic) bond motifs is 8. The molecule has 4 aromatic heterocycles. The van der Waals surface area contributed by atoms with Crippen LogP contribution in [0.3, 0.4) is 0 Å². The number of halogens is 2. The lowest BCUT2D eigenvalue weighted by Gasteiger charge is -2.28. The number of aliphatic hydroxyl groups is 1. The Morgan fingerprint density at radius 1 is 0.618 bits per heavy atom. The van der Waals surface area contributed by atoms with Crippen molar-refractivity contribution in [1.82, 2.24) is 30.6 Å². The van der Waals surface area contributed by atoms with Gasteiger partial charge in [0.1, 0.15) is 64.7 Å². The fourth-order valence-electron chi connectivity index (χ4n) is 12.7. The van der Waals surface area contributed by atoms with Gasteiger partial charge in [-0.15, -0.1) is 0 Å². The second kappa shape index (κ2) is 22.4. The Morgan fingerprint density at radius 3 is 1.49 bits per heavy atom. The number of oxazole rings is 4. The molecule has 0 saturated carbocycles. The van der Waals surface area contributed by atoms with E-state index in [9.17, 15) is 33.5 Å². The Hall–Kier alpha value is -9.75. The molecule has 89 heavy (non-hydrogen) atoms. The monoisotopic (exact) mass is 1220 g/mol. The highest BCUT2D eigenvalue weighted by atomic mass is 19.1. The molecule has 8 aromatic rings. The minimum Gasteiger partial charge on any atom is -0.469 e. The Morgan fingerprint density at radius 2 is 1.07 bits per heavy atom. The average molecular weight is 1220 g/mol. The fourth-order valence-corrected chi connectivity index (χ4v) is 12.7. The van der Waals surface area contributed by atoms with Crippen LogP contribution in [0.2, 0.25) is 0 Å². The molecule has 10 heterocycles. The van der Waals surface area contributed by atoms with Crippen LogP contribution in [0, 0.1) is 35.3 Å². The highest BCUT2D eigenvalue weighted by Crippen LogP contribution is 2.61. The van der Waals surface area contributed by atoms with Crippen molar-refractivity contribution in [2.45, 2.75) is 123 Å². The number of anilines is 2. The maximum absolute atomic E-state index is 15.1. The van der Waals surface area contributed by atoms with Gasteiger partial charge in [0.05, 0.1) is 6.04 Å². The fraction of sp³-hybridized carbons (Fsp3) is 0.359. The van der Waals surface area contributed by atoms with Gasteiger partial charge in [-0.05, 0) is 90.3 Å². The predicted octanol–water partition coefficient (Wildman–Crippen LogP) is 8.02. The smallest absolute Gasteiger partial charge is 0.270 e. The number of aliphatic hydroxyl groups excluding tert-OH is 1. The van der Waals surface area contributed by atoms with Crippen molar-refractivity contribution in [2.24, 2.45) is 40.9 Å². The number of amides is 4. The van der Waals surface area contributed by atoms with E-state index in [0.717, 1.165) is 18.1 Å². The highest BCUT2D eigenvalue weighted by molar-refractivity contribution is 5.92. The second-order valence-corrected chi connectivity index (χ2v) is 23.7. The second-order valence-electron chi connectivity index (χ2n) is 23.7. The number of ketones is 1. The van der Waals surface area contributed by atoms with Crippen LogP contribution in [0.15, 0.2) is 103 Å². The molecule has 4 aromatic carbocycles. The molecule has 0 fully saturated rings. The summed E-state index contributed by atoms with van der Waals surface area (Å²) in [6.45, 7) is 11.0. The molecule has 0 aliphatic carbocycles. The van der Waals surface area contributed by atoms with Gasteiger partial charge in [0.15, 0.2) is 52.5 Å². The summed E-state index contributed by atoms with van der Waals surface area (Å²) < 4.78 is 67.5. The molecule has 0 saturated heterocycles. The minimum atomic E-state index is -1.32. The zero-order valence-corrected chi connectivity index (χ0v) is 47.7. The van der Waals surface area contributed by atoms with E-state index in [-0.39, 0.29) is 116 Å². The van der Waals surface area contributed by atoms with Gasteiger partial charge in [-0.25, -0.2) is 28.7 Å². The van der Waals surface area contributed by atoms with Gasteiger partial charge < -0.3 is 70.7 Å². The number of hydrogen-bond donors (Lipinski definition) is 8. The Balaban J connectivity index is 0.000000182. The van der Waals surface area contributed by atoms with Gasteiger partial charge >= 0.3 is 0 Å². The topological polar surface area (TPSA) is 354 Å². The molecule has 464 valence electrons. The lowest BCUT2D eigenvalue weighted by molar-refractivity contribution is -0.135. The zero-order chi connectivity index (χ0) is 61.3. The van der Waals surface area contributed by atoms with E-state index in [4.69, 9.17) is 54.3 Å². The first-order valence-electron chi connectivity index (χ1n) is 28.4. The van der Waals surface area contributed by atoms with Crippen molar-refractivity contribution < 1.29 is 65.0 Å². The van der Waals surface area contributed by atoms with Crippen molar-refractivity contribution in [3.63, 3.8) is 0 Å². The normalized spacial score (nSPS) is 23.2. The van der Waals surface area contributed by atoms with Crippen LogP contribution in [-0.4, -0.2) is 79.1 Å². The minimum absolute atomic E-state index is 0. The number of aromatic nitrogens is 4. The number of benzene rings is 4. The Kier molecular flexibility index (Phi) is 15.4. The summed E-state index contributed by atoms with van der Waals surface area (Å²) in [5.41, 5.74) is 19.8. The van der Waals surface area contributed by atoms with Crippen molar-refractivity contribution in [3.8, 4) is 34.7 Å². The third-order valence-electron chi connectivity index (χ3n) is 17.0. The number of rotatable bonds is 10. The van der Waals surface area contributed by atoms with E-state index in [1.54, 1.807) is 38.1 Å². The van der Waals surface area contributed by atoms with Gasteiger partial charge in [0.25, 0.3) is 11.8 Å². The zero-order valence-electron chi connectivity index (χ0n) is 47.7. The van der Waals surface area contributed by atoms with Gasteiger partial charge in [-0.3, -0.25) is 24.0 Å². The number of carbonyl (C=O) groups excluding carboxylic acids is 5. The molecule has 6 aliphatic rings. The third kappa shape index (κ3) is 9.73. The summed E-state index contributed by atoms with van der Waals surface area (Å²) in [7, 11) is 0. The van der Waals surface area contributed by atoms with Crippen LogP contribution in [-0.2, 0) is 38.1 Å². The van der Waals surface area contributed by atoms with Gasteiger partial charge in [-0.1, -0.05) is 80.7 Å². The van der Waals surface area contributed by atoms with E-state index in [2.05, 4.69) is 31.2 Å². The van der Waals surface area contributed by atoms with Gasteiger partial charge in [-0.2, -0.15) is 0 Å². The van der Waals surface area contributed by atoms with Crippen molar-refractivity contribution in [2.75, 3.05) is 10.6 Å². The molecule has 11 N–H and O–H groups in total. The molecular formula is C64H67F2N11O12. The number of hydrogen-bond acceptors (Lipinski definition) is 19. The molecule has 0 radical (unpaired) electrons. The largest absolute Gasteiger partial charge is 0.469 e. The first-order valence-corrected chi connectivity index (χ1v) is 28.4. The molecule has 14 rings (SSSR count). The van der Waals surface area contributed by atoms with Crippen LogP contribution in [0.1, 0.15) is 153 Å². The summed E-state index contributed by atoms with van der Waals surface area (Å²) >= 11 is 0. The predicted molar refractivity (Wildman–Crippen MR) is 317 cm³/mol. The number of nitrogens with two attached hydrogens (primary N) is 3. The summed E-state index contributed by atoms with van der Waals surface area (Å²) in [6.07, 6.45) is -0.293. The number of Topliss-reactive ketones (excluding diaryl/α,β-unsaturated/α-hetero) is 1. The maximum atomic E-state index is 15.1. The van der Waals surface area contributed by atoms with Crippen LogP contribution >= 0.6 is 0 Å². The van der Waals surface area contributed by atoms with Crippen molar-refractivity contribution >= 4 is 40.8 Å². The average Bonchev–Trinajstić information content (AvgIpc) is 1.54. The third-order valence-corrected chi connectivity index (χ3v) is 17.0. The first kappa shape index (κ1) is 60.9. The summed E-state index contributed by atoms with van der Waals surface area (Å²) in [4.78, 5) is 82.2. The van der Waals surface area contributed by atoms with Crippen LogP contribution in [0.5, 0.6) is 11.5 Å². The highest BCUT2D eigenvalue weighted by Gasteiger charge is 2.63. The molecule has 6 aliphatic heterocycles. The molecule has 0 unspecified atom stereocenters. The van der Waals surface area contributed by atoms with Crippen LogP contribution in [0.25, 0.3) is 23.2 Å². The molecule has 25 heteroatoms. The molecule has 8 bridgehead atoms. The Labute approximate surface area is 508 Å². The molecule has 4 amide bonds. The van der Waals surface area contributed by atoms with E-state index in [1.165, 1.54) is 24.3 Å². The van der Waals surface area contributed by atoms with Crippen LogP contribution < -0.4 is 47.9 Å². The van der Waals surface area contributed by atoms with Crippen molar-refractivity contribution in [1.29, 1.82) is 0 Å². The van der Waals surface area contributed by atoms with E-state index >= 15 is 4.39 Å². The van der Waals surface area contributed by atoms with Crippen LogP contribution in [0.4, 0.5) is 20.2 Å². The standard InChI is InChI=1S/C34H34FN5O7.C28H25FN6O5.2CH4/c1-14(2)25-32-40-26(31-37-22(13-45-31)29(36)43)28(47-32)34-19-12-18(35)6-7-21(19)38-33(34)46-24-8-5-16(10-20(24)34)9-17(30(44)39-25)11-23(41)27(42)15(3)4;1-11(2)20-26-35-21(25-32-18(10-38-25)23(31)36)22(40-26)28-14-9-13(29)4-5-17(14)33-27(28)39-19-6-3-12(7-15(19)28)8-16(30)24(37)34-20;;/h5-8,10,12-15,17,25,27,33,38,42H,9,11H2,1-4H3,(H2,36,43)(H,39,44);3-7,9-11,16,20,27,33H,8,30H2,1-2H3,(H2,31,36)(H,34,37);2*1H4/t17-,25+,27+,33-,34+;16-,20-,27+,28-;;/m10../s1. The van der Waals surface area contributed by atoms with E-state index in [0.29, 0.717) is 50.7 Å². The summed E-state index contributed by atoms with van der Waals surface area (Å²) in [6, 6.07) is 17.5. The number of nitrogens with one attached hydrogen (secondary N) is 4. The van der Waals surface area contributed by atoms with E-state index < -0.39 is 88.6 Å². The quantitative estimate of drug-likeness (QED) is 0.0642. The summed E-state index contributed by atoms with van der Waals surface area (Å²) in [5.74, 6) is -3.65. The van der Waals surface area contributed by atoms with E-state index in [1.807, 2.05) is 52.0 Å². The summed E-state index contributed by atoms with van der Waals surface area (Å²) in [5, 5.41) is 23.3. The Bertz CT molecular complexity index is 4170. The maximum Gasteiger partial charge on any atom is 0.270 e. The SMILES string of the molecule is C.C.CC(C)[C@@H]1NC(=O)[C@@H](N)Cc2ccc3c(c2)[C@@]2(c4cc(F)ccc4N[C@@H]2O3)c2oc1nc2-c1nc(C(N)=O)co1.CC(C)[C@H](O)C(=O)C[C@H]1Cc2ccc3c(c2)[C@@]2(c4cc(F)ccc4N[C@@H]2O3)c2oc(nc2-c2nc(C(N)=O)co2)[C@H](C(C)C)NC1=O. The van der Waals surface area contributed by atoms with Gasteiger partial charge in [0, 0.05) is 46.0 Å².